The Kier molecular flexibility index (Phi) is 8.73. The molecule has 150 valence electrons. The van der Waals surface area contributed by atoms with Crippen molar-refractivity contribution in [3.63, 3.8) is 0 Å². The summed E-state index contributed by atoms with van der Waals surface area (Å²) in [5.74, 6) is -1.51. The van der Waals surface area contributed by atoms with E-state index in [0.29, 0.717) is 17.2 Å². The van der Waals surface area contributed by atoms with Gasteiger partial charge in [-0.2, -0.15) is 11.8 Å². The van der Waals surface area contributed by atoms with Crippen LogP contribution in [-0.2, 0) is 11.2 Å². The Bertz CT molecular complexity index is 815. The van der Waals surface area contributed by atoms with Crippen molar-refractivity contribution in [1.29, 1.82) is 0 Å². The van der Waals surface area contributed by atoms with Crippen molar-refractivity contribution in [3.05, 3.63) is 70.2 Å². The van der Waals surface area contributed by atoms with Crippen molar-refractivity contribution in [2.24, 2.45) is 0 Å². The van der Waals surface area contributed by atoms with E-state index in [1.807, 2.05) is 6.26 Å². The van der Waals surface area contributed by atoms with Crippen molar-refractivity contribution >= 4 is 35.2 Å². The minimum Gasteiger partial charge on any atom is -0.354 e. The van der Waals surface area contributed by atoms with E-state index in [9.17, 15) is 18.4 Å². The lowest BCUT2D eigenvalue weighted by Gasteiger charge is -2.18. The molecule has 0 fully saturated rings. The molecule has 2 aromatic rings. The second kappa shape index (κ2) is 11.0. The first-order valence-electron chi connectivity index (χ1n) is 8.69. The van der Waals surface area contributed by atoms with Crippen molar-refractivity contribution in [3.8, 4) is 0 Å². The predicted molar refractivity (Wildman–Crippen MR) is 109 cm³/mol. The van der Waals surface area contributed by atoms with Gasteiger partial charge in [-0.05, 0) is 49.1 Å². The van der Waals surface area contributed by atoms with Crippen LogP contribution >= 0.6 is 23.4 Å². The largest absolute Gasteiger partial charge is 0.354 e. The number of halogens is 3. The summed E-state index contributed by atoms with van der Waals surface area (Å²) in [4.78, 5) is 25.0. The van der Waals surface area contributed by atoms with Gasteiger partial charge in [0.05, 0.1) is 10.6 Å². The summed E-state index contributed by atoms with van der Waals surface area (Å²) < 4.78 is 27.3. The lowest BCUT2D eigenvalue weighted by atomic mass is 10.1. The zero-order chi connectivity index (χ0) is 20.5. The van der Waals surface area contributed by atoms with Crippen LogP contribution in [0.2, 0.25) is 5.02 Å². The minimum absolute atomic E-state index is 0.0119. The molecule has 4 nitrogen and oxygen atoms in total. The van der Waals surface area contributed by atoms with Gasteiger partial charge < -0.3 is 10.6 Å². The molecule has 0 saturated heterocycles. The highest BCUT2D eigenvalue weighted by Gasteiger charge is 2.22. The maximum Gasteiger partial charge on any atom is 0.253 e. The van der Waals surface area contributed by atoms with Gasteiger partial charge in [0, 0.05) is 12.1 Å². The Labute approximate surface area is 172 Å². The van der Waals surface area contributed by atoms with Crippen LogP contribution in [0.15, 0.2) is 42.5 Å². The molecule has 2 aromatic carbocycles. The summed E-state index contributed by atoms with van der Waals surface area (Å²) in [6.45, 7) is 0.0500. The van der Waals surface area contributed by atoms with Gasteiger partial charge in [0.1, 0.15) is 17.7 Å². The average Bonchev–Trinajstić information content (AvgIpc) is 2.67. The summed E-state index contributed by atoms with van der Waals surface area (Å²) in [7, 11) is 0. The van der Waals surface area contributed by atoms with E-state index in [1.165, 1.54) is 18.2 Å². The molecule has 0 radical (unpaired) electrons. The standard InChI is InChI=1S/C20H21ClF2N2O2S/c1-28-12-10-18(25-19(26)13-5-2-3-6-15(13)21)20(27)24-11-9-14-16(22)7-4-8-17(14)23/h2-8,18H,9-12H2,1H3,(H,24,27)(H,25,26). The number of hydrogen-bond acceptors (Lipinski definition) is 3. The van der Waals surface area contributed by atoms with E-state index < -0.39 is 29.5 Å². The summed E-state index contributed by atoms with van der Waals surface area (Å²) in [5.41, 5.74) is 0.197. The fraction of sp³-hybridized carbons (Fsp3) is 0.300. The lowest BCUT2D eigenvalue weighted by molar-refractivity contribution is -0.123. The topological polar surface area (TPSA) is 58.2 Å². The first-order chi connectivity index (χ1) is 13.4. The van der Waals surface area contributed by atoms with E-state index in [2.05, 4.69) is 10.6 Å². The molecule has 0 aliphatic heterocycles. The molecule has 0 aromatic heterocycles. The van der Waals surface area contributed by atoms with Gasteiger partial charge in [-0.1, -0.05) is 29.8 Å². The summed E-state index contributed by atoms with van der Waals surface area (Å²) in [6.07, 6.45) is 2.32. The van der Waals surface area contributed by atoms with Crippen molar-refractivity contribution in [2.45, 2.75) is 18.9 Å². The van der Waals surface area contributed by atoms with E-state index in [0.717, 1.165) is 0 Å². The number of carbonyl (C=O) groups excluding carboxylic acids is 2. The van der Waals surface area contributed by atoms with Crippen LogP contribution in [0.25, 0.3) is 0 Å². The third kappa shape index (κ3) is 6.21. The molecule has 8 heteroatoms. The molecule has 1 atom stereocenters. The molecular formula is C20H21ClF2N2O2S. The van der Waals surface area contributed by atoms with Gasteiger partial charge in [-0.3, -0.25) is 9.59 Å². The average molecular weight is 427 g/mol. The van der Waals surface area contributed by atoms with Crippen molar-refractivity contribution < 1.29 is 18.4 Å². The van der Waals surface area contributed by atoms with E-state index in [-0.39, 0.29) is 24.1 Å². The molecule has 0 bridgehead atoms. The Morgan fingerprint density at radius 2 is 1.79 bits per heavy atom. The first-order valence-corrected chi connectivity index (χ1v) is 10.5. The molecule has 0 saturated carbocycles. The summed E-state index contributed by atoms with van der Waals surface area (Å²) in [5, 5.41) is 5.61. The zero-order valence-corrected chi connectivity index (χ0v) is 16.9. The van der Waals surface area contributed by atoms with Gasteiger partial charge in [-0.15, -0.1) is 0 Å². The van der Waals surface area contributed by atoms with Crippen LogP contribution in [0.5, 0.6) is 0 Å². The van der Waals surface area contributed by atoms with Gasteiger partial charge in [0.2, 0.25) is 5.91 Å². The lowest BCUT2D eigenvalue weighted by Crippen LogP contribution is -2.47. The van der Waals surface area contributed by atoms with Gasteiger partial charge in [0.15, 0.2) is 0 Å². The van der Waals surface area contributed by atoms with Crippen LogP contribution in [0.1, 0.15) is 22.3 Å². The van der Waals surface area contributed by atoms with Crippen LogP contribution in [0, 0.1) is 11.6 Å². The highest BCUT2D eigenvalue weighted by molar-refractivity contribution is 7.98. The Morgan fingerprint density at radius 3 is 2.43 bits per heavy atom. The van der Waals surface area contributed by atoms with E-state index in [4.69, 9.17) is 11.6 Å². The quantitative estimate of drug-likeness (QED) is 0.640. The van der Waals surface area contributed by atoms with Crippen LogP contribution in [-0.4, -0.2) is 36.4 Å². The SMILES string of the molecule is CSCCC(NC(=O)c1ccccc1Cl)C(=O)NCCc1c(F)cccc1F. The van der Waals surface area contributed by atoms with Gasteiger partial charge >= 0.3 is 0 Å². The Hall–Kier alpha value is -2.12. The Balaban J connectivity index is 1.98. The molecule has 0 aliphatic carbocycles. The van der Waals surface area contributed by atoms with Crippen LogP contribution in [0.4, 0.5) is 8.78 Å². The number of nitrogens with one attached hydrogen (secondary N) is 2. The van der Waals surface area contributed by atoms with Crippen LogP contribution < -0.4 is 10.6 Å². The molecular weight excluding hydrogens is 406 g/mol. The first kappa shape index (κ1) is 22.2. The highest BCUT2D eigenvalue weighted by atomic mass is 35.5. The molecule has 2 N–H and O–H groups in total. The second-order valence-electron chi connectivity index (χ2n) is 6.03. The van der Waals surface area contributed by atoms with Crippen molar-refractivity contribution in [1.82, 2.24) is 10.6 Å². The molecule has 2 rings (SSSR count). The monoisotopic (exact) mass is 426 g/mol. The highest BCUT2D eigenvalue weighted by Crippen LogP contribution is 2.15. The maximum absolute atomic E-state index is 13.7. The normalized spacial score (nSPS) is 11.7. The third-order valence-electron chi connectivity index (χ3n) is 4.09. The Morgan fingerprint density at radius 1 is 1.11 bits per heavy atom. The second-order valence-corrected chi connectivity index (χ2v) is 7.42. The van der Waals surface area contributed by atoms with E-state index in [1.54, 1.807) is 36.0 Å². The maximum atomic E-state index is 13.7. The molecule has 2 amide bonds. The number of rotatable bonds is 9. The minimum atomic E-state index is -0.776. The smallest absolute Gasteiger partial charge is 0.253 e. The third-order valence-corrected chi connectivity index (χ3v) is 5.06. The number of carbonyl (C=O) groups is 2. The number of hydrogen-bond donors (Lipinski definition) is 2. The molecule has 0 heterocycles. The van der Waals surface area contributed by atoms with Crippen molar-refractivity contribution in [2.75, 3.05) is 18.6 Å². The predicted octanol–water partition coefficient (Wildman–Crippen LogP) is 3.83. The van der Waals surface area contributed by atoms with E-state index >= 15 is 0 Å². The molecule has 0 spiro atoms. The number of amides is 2. The number of thioether (sulfide) groups is 1. The van der Waals surface area contributed by atoms with Gasteiger partial charge in [0.25, 0.3) is 5.91 Å². The molecule has 28 heavy (non-hydrogen) atoms. The summed E-state index contributed by atoms with van der Waals surface area (Å²) >= 11 is 7.57. The summed E-state index contributed by atoms with van der Waals surface area (Å²) in [6, 6.07) is 9.41. The van der Waals surface area contributed by atoms with Crippen LogP contribution in [0.3, 0.4) is 0 Å². The molecule has 1 unspecified atom stereocenters. The number of benzene rings is 2. The molecule has 0 aliphatic rings. The fourth-order valence-corrected chi connectivity index (χ4v) is 3.28. The zero-order valence-electron chi connectivity index (χ0n) is 15.3. The van der Waals surface area contributed by atoms with Gasteiger partial charge in [-0.25, -0.2) is 8.78 Å². The fourth-order valence-electron chi connectivity index (χ4n) is 2.59.